The molecule has 0 radical (unpaired) electrons. The first-order valence-corrected chi connectivity index (χ1v) is 10.0. The number of nitrogens with zero attached hydrogens (tertiary/aromatic N) is 4. The second kappa shape index (κ2) is 7.29. The maximum Gasteiger partial charge on any atom is 0.229 e. The topological polar surface area (TPSA) is 95.9 Å². The van der Waals surface area contributed by atoms with Crippen LogP contribution in [0.25, 0.3) is 21.9 Å². The molecule has 4 aromatic rings. The lowest BCUT2D eigenvalue weighted by Crippen LogP contribution is -2.34. The van der Waals surface area contributed by atoms with Crippen LogP contribution in [0.5, 0.6) is 0 Å². The van der Waals surface area contributed by atoms with Crippen LogP contribution in [-0.4, -0.2) is 44.7 Å². The molecule has 0 saturated carbocycles. The van der Waals surface area contributed by atoms with Crippen LogP contribution < -0.4 is 10.2 Å². The number of fused-ring (bicyclic) bond motifs is 2. The highest BCUT2D eigenvalue weighted by atomic mass is 16.2. The number of hydrogen-bond acceptors (Lipinski definition) is 4. The fourth-order valence-electron chi connectivity index (χ4n) is 4.10. The quantitative estimate of drug-likeness (QED) is 0.535. The Morgan fingerprint density at radius 1 is 1.20 bits per heavy atom. The number of aryl methyl sites for hydroxylation is 1. The zero-order valence-electron chi connectivity index (χ0n) is 16.6. The molecule has 1 aliphatic heterocycles. The second-order valence-corrected chi connectivity index (χ2v) is 7.61. The molecule has 3 heterocycles. The minimum atomic E-state index is -0.381. The predicted molar refractivity (Wildman–Crippen MR) is 114 cm³/mol. The number of aromatic amines is 1. The molecular formula is C22H22N6O2. The van der Waals surface area contributed by atoms with Crippen LogP contribution in [0.4, 0.5) is 5.82 Å². The lowest BCUT2D eigenvalue weighted by Gasteiger charge is -2.14. The van der Waals surface area contributed by atoms with E-state index in [1.807, 2.05) is 60.1 Å². The molecule has 152 valence electrons. The third-order valence-electron chi connectivity index (χ3n) is 5.73. The third-order valence-corrected chi connectivity index (χ3v) is 5.73. The van der Waals surface area contributed by atoms with Gasteiger partial charge in [-0.2, -0.15) is 5.10 Å². The van der Waals surface area contributed by atoms with Gasteiger partial charge in [-0.05, 0) is 24.3 Å². The average molecular weight is 402 g/mol. The van der Waals surface area contributed by atoms with Gasteiger partial charge >= 0.3 is 0 Å². The molecule has 1 fully saturated rings. The van der Waals surface area contributed by atoms with Crippen molar-refractivity contribution < 1.29 is 9.59 Å². The van der Waals surface area contributed by atoms with Crippen molar-refractivity contribution in [1.29, 1.82) is 0 Å². The molecule has 0 bridgehead atoms. The Bertz CT molecular complexity index is 1260. The van der Waals surface area contributed by atoms with E-state index in [4.69, 9.17) is 0 Å². The predicted octanol–water partition coefficient (Wildman–Crippen LogP) is 2.16. The summed E-state index contributed by atoms with van der Waals surface area (Å²) in [6.07, 6.45) is 0.824. The van der Waals surface area contributed by atoms with Crippen molar-refractivity contribution in [3.05, 3.63) is 54.4 Å². The lowest BCUT2D eigenvalue weighted by atomic mass is 10.1. The van der Waals surface area contributed by atoms with E-state index < -0.39 is 0 Å². The maximum absolute atomic E-state index is 12.7. The number of para-hydroxylation sites is 3. The van der Waals surface area contributed by atoms with Gasteiger partial charge in [0.1, 0.15) is 5.82 Å². The van der Waals surface area contributed by atoms with Crippen LogP contribution in [0.2, 0.25) is 0 Å². The number of rotatable bonds is 5. The number of aromatic nitrogens is 4. The molecule has 2 aromatic carbocycles. The highest BCUT2D eigenvalue weighted by Gasteiger charge is 2.36. The summed E-state index contributed by atoms with van der Waals surface area (Å²) in [6, 6.07) is 15.6. The molecule has 1 saturated heterocycles. The molecule has 1 aliphatic rings. The molecule has 0 spiro atoms. The Kier molecular flexibility index (Phi) is 4.46. The smallest absolute Gasteiger partial charge is 0.229 e. The van der Waals surface area contributed by atoms with Gasteiger partial charge in [-0.15, -0.1) is 0 Å². The van der Waals surface area contributed by atoms with Crippen molar-refractivity contribution in [2.45, 2.75) is 12.8 Å². The summed E-state index contributed by atoms with van der Waals surface area (Å²) in [7, 11) is 1.98. The Balaban J connectivity index is 1.22. The van der Waals surface area contributed by atoms with Gasteiger partial charge in [0.2, 0.25) is 11.8 Å². The molecule has 2 amide bonds. The number of benzene rings is 2. The summed E-state index contributed by atoms with van der Waals surface area (Å²) in [5, 5.41) is 11.1. The van der Waals surface area contributed by atoms with Crippen molar-refractivity contribution in [2.75, 3.05) is 18.0 Å². The fraction of sp³-hybridized carbons (Fsp3) is 0.273. The Hall–Kier alpha value is -3.68. The fourth-order valence-corrected chi connectivity index (χ4v) is 4.10. The molecule has 8 heteroatoms. The summed E-state index contributed by atoms with van der Waals surface area (Å²) in [4.78, 5) is 31.5. The summed E-state index contributed by atoms with van der Waals surface area (Å²) in [5.41, 5.74) is 2.89. The van der Waals surface area contributed by atoms with E-state index in [0.29, 0.717) is 25.3 Å². The van der Waals surface area contributed by atoms with Crippen molar-refractivity contribution >= 4 is 39.6 Å². The molecule has 0 aliphatic carbocycles. The van der Waals surface area contributed by atoms with E-state index in [2.05, 4.69) is 20.5 Å². The standard InChI is InChI=1S/C22H22N6O2/c1-27-18-9-5-4-8-17(18)24-19(27)10-11-23-22(30)14-12-20(29)28(13-14)21-15-6-2-3-7-16(15)25-26-21/h2-9,14H,10-13H2,1H3,(H,23,30)(H,25,26)/t14-/m0/s1. The first-order valence-electron chi connectivity index (χ1n) is 10.0. The van der Waals surface area contributed by atoms with Gasteiger partial charge in [-0.1, -0.05) is 24.3 Å². The second-order valence-electron chi connectivity index (χ2n) is 7.61. The van der Waals surface area contributed by atoms with Crippen LogP contribution in [0.3, 0.4) is 0 Å². The van der Waals surface area contributed by atoms with Gasteiger partial charge in [0.15, 0.2) is 5.82 Å². The van der Waals surface area contributed by atoms with E-state index in [1.54, 1.807) is 4.90 Å². The Labute approximate surface area is 172 Å². The van der Waals surface area contributed by atoms with Crippen LogP contribution in [0.1, 0.15) is 12.2 Å². The van der Waals surface area contributed by atoms with Crippen LogP contribution in [-0.2, 0) is 23.1 Å². The zero-order valence-corrected chi connectivity index (χ0v) is 16.6. The first-order chi connectivity index (χ1) is 14.6. The SMILES string of the molecule is Cn1c(CCNC(=O)[C@H]2CC(=O)N(c3n[nH]c4ccccc34)C2)nc2ccccc21. The summed E-state index contributed by atoms with van der Waals surface area (Å²) in [5.74, 6) is 0.940. The van der Waals surface area contributed by atoms with Crippen molar-refractivity contribution in [3.63, 3.8) is 0 Å². The van der Waals surface area contributed by atoms with Crippen LogP contribution in [0, 0.1) is 5.92 Å². The zero-order chi connectivity index (χ0) is 20.7. The summed E-state index contributed by atoms with van der Waals surface area (Å²) in [6.45, 7) is 0.817. The van der Waals surface area contributed by atoms with Crippen molar-refractivity contribution in [2.24, 2.45) is 13.0 Å². The van der Waals surface area contributed by atoms with Gasteiger partial charge < -0.3 is 9.88 Å². The van der Waals surface area contributed by atoms with Gasteiger partial charge in [0.25, 0.3) is 0 Å². The van der Waals surface area contributed by atoms with E-state index >= 15 is 0 Å². The van der Waals surface area contributed by atoms with Crippen LogP contribution in [0.15, 0.2) is 48.5 Å². The number of H-pyrrole nitrogens is 1. The number of imidazole rings is 1. The van der Waals surface area contributed by atoms with E-state index in [9.17, 15) is 9.59 Å². The Morgan fingerprint density at radius 3 is 2.87 bits per heavy atom. The van der Waals surface area contributed by atoms with Crippen molar-refractivity contribution in [3.8, 4) is 0 Å². The molecule has 2 aromatic heterocycles. The van der Waals surface area contributed by atoms with Crippen molar-refractivity contribution in [1.82, 2.24) is 25.1 Å². The molecule has 8 nitrogen and oxygen atoms in total. The summed E-state index contributed by atoms with van der Waals surface area (Å²) >= 11 is 0. The monoisotopic (exact) mass is 402 g/mol. The van der Waals surface area contributed by atoms with E-state index in [1.165, 1.54) is 0 Å². The number of anilines is 1. The number of amides is 2. The largest absolute Gasteiger partial charge is 0.355 e. The molecule has 0 unspecified atom stereocenters. The van der Waals surface area contributed by atoms with Gasteiger partial charge in [0, 0.05) is 38.4 Å². The van der Waals surface area contributed by atoms with Gasteiger partial charge in [-0.3, -0.25) is 19.6 Å². The average Bonchev–Trinajstić information content (AvgIpc) is 3.44. The summed E-state index contributed by atoms with van der Waals surface area (Å²) < 4.78 is 2.05. The van der Waals surface area contributed by atoms with Gasteiger partial charge in [0.05, 0.1) is 22.5 Å². The highest BCUT2D eigenvalue weighted by molar-refractivity contribution is 6.05. The number of nitrogens with one attached hydrogen (secondary N) is 2. The van der Waals surface area contributed by atoms with E-state index in [0.717, 1.165) is 27.8 Å². The third kappa shape index (κ3) is 3.10. The van der Waals surface area contributed by atoms with Crippen LogP contribution >= 0.6 is 0 Å². The minimum Gasteiger partial charge on any atom is -0.355 e. The molecule has 30 heavy (non-hydrogen) atoms. The Morgan fingerprint density at radius 2 is 2.00 bits per heavy atom. The molecule has 1 atom stereocenters. The lowest BCUT2D eigenvalue weighted by molar-refractivity contribution is -0.126. The number of hydrogen-bond donors (Lipinski definition) is 2. The molecule has 5 rings (SSSR count). The normalized spacial score (nSPS) is 16.6. The number of carbonyl (C=O) groups excluding carboxylic acids is 2. The molecule has 2 N–H and O–H groups in total. The minimum absolute atomic E-state index is 0.0808. The molecular weight excluding hydrogens is 380 g/mol. The highest BCUT2D eigenvalue weighted by Crippen LogP contribution is 2.29. The number of carbonyl (C=O) groups is 2. The first kappa shape index (κ1) is 18.4. The maximum atomic E-state index is 12.7. The van der Waals surface area contributed by atoms with Gasteiger partial charge in [-0.25, -0.2) is 4.98 Å². The van der Waals surface area contributed by atoms with E-state index in [-0.39, 0.29) is 24.2 Å².